The van der Waals surface area contributed by atoms with Crippen LogP contribution in [0.2, 0.25) is 0 Å². The molecule has 1 fully saturated rings. The van der Waals surface area contributed by atoms with Crippen molar-refractivity contribution in [3.8, 4) is 0 Å². The van der Waals surface area contributed by atoms with Crippen molar-refractivity contribution < 1.29 is 14.3 Å². The van der Waals surface area contributed by atoms with E-state index in [2.05, 4.69) is 29.5 Å². The average Bonchev–Trinajstić information content (AvgIpc) is 2.63. The third kappa shape index (κ3) is 3.74. The highest BCUT2D eigenvalue weighted by Crippen LogP contribution is 2.36. The number of carbonyl (C=O) groups excluding carboxylic acids is 2. The summed E-state index contributed by atoms with van der Waals surface area (Å²) in [6.07, 6.45) is 2.49. The molecule has 0 aliphatic carbocycles. The predicted octanol–water partition coefficient (Wildman–Crippen LogP) is 1.77. The third-order valence-corrected chi connectivity index (χ3v) is 5.22. The van der Waals surface area contributed by atoms with Gasteiger partial charge in [0.1, 0.15) is 5.71 Å². The van der Waals surface area contributed by atoms with Crippen LogP contribution in [-0.2, 0) is 19.7 Å². The molecule has 2 heterocycles. The zero-order chi connectivity index (χ0) is 17.9. The molecule has 134 valence electrons. The fraction of sp³-hybridized carbons (Fsp3) is 0.526. The summed E-state index contributed by atoms with van der Waals surface area (Å²) < 4.78 is 5.55. The zero-order valence-corrected chi connectivity index (χ0v) is 14.9. The van der Waals surface area contributed by atoms with Crippen molar-refractivity contribution in [3.63, 3.8) is 0 Å². The van der Waals surface area contributed by atoms with E-state index in [0.717, 1.165) is 12.8 Å². The lowest BCUT2D eigenvalue weighted by molar-refractivity contribution is -0.130. The largest absolute Gasteiger partial charge is 0.381 e. The number of hydrogen-bond acceptors (Lipinski definition) is 4. The Kier molecular flexibility index (Phi) is 5.18. The van der Waals surface area contributed by atoms with Crippen LogP contribution in [-0.4, -0.2) is 49.3 Å². The molecule has 2 aliphatic rings. The molecule has 1 saturated heterocycles. The molecule has 25 heavy (non-hydrogen) atoms. The Hall–Kier alpha value is -2.21. The minimum absolute atomic E-state index is 0.0580. The summed E-state index contributed by atoms with van der Waals surface area (Å²) in [4.78, 5) is 24.1. The van der Waals surface area contributed by atoms with E-state index in [1.165, 1.54) is 16.1 Å². The molecule has 6 nitrogen and oxygen atoms in total. The molecule has 0 bridgehead atoms. The molecule has 1 aromatic rings. The maximum Gasteiger partial charge on any atom is 0.267 e. The van der Waals surface area contributed by atoms with Gasteiger partial charge in [-0.25, -0.2) is 5.01 Å². The van der Waals surface area contributed by atoms with Crippen LogP contribution >= 0.6 is 0 Å². The summed E-state index contributed by atoms with van der Waals surface area (Å²) in [5.74, 6) is -0.240. The maximum atomic E-state index is 12.5. The van der Waals surface area contributed by atoms with Crippen molar-refractivity contribution in [2.75, 3.05) is 26.8 Å². The molecule has 2 amide bonds. The average molecular weight is 343 g/mol. The van der Waals surface area contributed by atoms with Crippen molar-refractivity contribution in [3.05, 3.63) is 35.4 Å². The Morgan fingerprint density at radius 3 is 2.68 bits per heavy atom. The zero-order valence-electron chi connectivity index (χ0n) is 14.9. The van der Waals surface area contributed by atoms with Gasteiger partial charge in [-0.1, -0.05) is 24.3 Å². The molecule has 0 aromatic heterocycles. The molecule has 0 saturated carbocycles. The summed E-state index contributed by atoms with van der Waals surface area (Å²) in [6, 6.07) is 8.35. The molecule has 0 atom stereocenters. The normalized spacial score (nSPS) is 20.2. The fourth-order valence-electron chi connectivity index (χ4n) is 3.66. The van der Waals surface area contributed by atoms with Crippen molar-refractivity contribution in [2.24, 2.45) is 5.10 Å². The summed E-state index contributed by atoms with van der Waals surface area (Å²) in [7, 11) is 1.59. The van der Waals surface area contributed by atoms with Crippen LogP contribution in [0.3, 0.4) is 0 Å². The van der Waals surface area contributed by atoms with Gasteiger partial charge in [0.15, 0.2) is 0 Å². The van der Waals surface area contributed by atoms with Crippen LogP contribution in [0.15, 0.2) is 29.4 Å². The van der Waals surface area contributed by atoms with E-state index >= 15 is 0 Å². The first-order valence-corrected chi connectivity index (χ1v) is 8.78. The maximum absolute atomic E-state index is 12.5. The number of benzene rings is 1. The number of nitrogens with zero attached hydrogens (tertiary/aromatic N) is 2. The van der Waals surface area contributed by atoms with Crippen molar-refractivity contribution >= 4 is 17.5 Å². The van der Waals surface area contributed by atoms with Gasteiger partial charge in [-0.15, -0.1) is 0 Å². The fourth-order valence-corrected chi connectivity index (χ4v) is 3.66. The number of rotatable bonds is 4. The van der Waals surface area contributed by atoms with Crippen LogP contribution in [0, 0.1) is 6.92 Å². The molecular weight excluding hydrogens is 318 g/mol. The molecule has 1 aromatic carbocycles. The third-order valence-electron chi connectivity index (χ3n) is 5.22. The molecule has 1 N–H and O–H groups in total. The van der Waals surface area contributed by atoms with Gasteiger partial charge >= 0.3 is 0 Å². The van der Waals surface area contributed by atoms with Crippen LogP contribution in [0.5, 0.6) is 0 Å². The quantitative estimate of drug-likeness (QED) is 0.906. The van der Waals surface area contributed by atoms with Gasteiger partial charge in [0.25, 0.3) is 5.91 Å². The SMILES string of the molecule is Cc1ccccc1C1(CNC(=O)C2=NN(C)C(=O)CC2)CCOCC1. The number of nitrogens with one attached hydrogen (secondary N) is 1. The molecule has 0 unspecified atom stereocenters. The standard InChI is InChI=1S/C19H25N3O3/c1-14-5-3-4-6-15(14)19(9-11-25-12-10-19)13-20-18(24)16-7-8-17(23)22(2)21-16/h3-6H,7-13H2,1-2H3,(H,20,24). The molecule has 2 aliphatic heterocycles. The summed E-state index contributed by atoms with van der Waals surface area (Å²) in [6.45, 7) is 4.06. The topological polar surface area (TPSA) is 71.0 Å². The Morgan fingerprint density at radius 2 is 2.00 bits per heavy atom. The highest BCUT2D eigenvalue weighted by Gasteiger charge is 2.36. The number of ether oxygens (including phenoxy) is 1. The molecule has 6 heteroatoms. The van der Waals surface area contributed by atoms with Gasteiger partial charge in [0.2, 0.25) is 5.91 Å². The van der Waals surface area contributed by atoms with E-state index in [0.29, 0.717) is 38.3 Å². The van der Waals surface area contributed by atoms with E-state index in [9.17, 15) is 9.59 Å². The first-order chi connectivity index (χ1) is 12.0. The van der Waals surface area contributed by atoms with E-state index < -0.39 is 0 Å². The van der Waals surface area contributed by atoms with Gasteiger partial charge in [-0.05, 0) is 30.9 Å². The minimum Gasteiger partial charge on any atom is -0.381 e. The smallest absolute Gasteiger partial charge is 0.267 e. The highest BCUT2D eigenvalue weighted by molar-refractivity contribution is 6.39. The van der Waals surface area contributed by atoms with Gasteiger partial charge in [-0.2, -0.15) is 5.10 Å². The first kappa shape index (κ1) is 17.6. The Balaban J connectivity index is 1.76. The highest BCUT2D eigenvalue weighted by atomic mass is 16.5. The van der Waals surface area contributed by atoms with E-state index in [-0.39, 0.29) is 17.2 Å². The second-order valence-corrected chi connectivity index (χ2v) is 6.85. The second-order valence-electron chi connectivity index (χ2n) is 6.85. The number of amides is 2. The van der Waals surface area contributed by atoms with Gasteiger partial charge in [0.05, 0.1) is 0 Å². The minimum atomic E-state index is -0.182. The summed E-state index contributed by atoms with van der Waals surface area (Å²) in [5, 5.41) is 8.42. The Morgan fingerprint density at radius 1 is 1.28 bits per heavy atom. The van der Waals surface area contributed by atoms with Crippen LogP contribution in [0.25, 0.3) is 0 Å². The number of hydrazone groups is 1. The van der Waals surface area contributed by atoms with Gasteiger partial charge in [-0.3, -0.25) is 9.59 Å². The monoisotopic (exact) mass is 343 g/mol. The lowest BCUT2D eigenvalue weighted by Crippen LogP contribution is -2.47. The lowest BCUT2D eigenvalue weighted by atomic mass is 9.72. The predicted molar refractivity (Wildman–Crippen MR) is 95.4 cm³/mol. The second kappa shape index (κ2) is 7.35. The molecule has 3 rings (SSSR count). The Bertz CT molecular complexity index is 693. The van der Waals surface area contributed by atoms with E-state index in [1.54, 1.807) is 7.05 Å². The number of aryl methyl sites for hydroxylation is 1. The van der Waals surface area contributed by atoms with E-state index in [1.807, 2.05) is 12.1 Å². The summed E-state index contributed by atoms with van der Waals surface area (Å²) in [5.41, 5.74) is 2.82. The first-order valence-electron chi connectivity index (χ1n) is 8.78. The Labute approximate surface area is 148 Å². The van der Waals surface area contributed by atoms with Crippen molar-refractivity contribution in [1.82, 2.24) is 10.3 Å². The lowest BCUT2D eigenvalue weighted by Gasteiger charge is -2.39. The number of hydrogen-bond donors (Lipinski definition) is 1. The van der Waals surface area contributed by atoms with Gasteiger partial charge < -0.3 is 10.1 Å². The van der Waals surface area contributed by atoms with Crippen LogP contribution in [0.1, 0.15) is 36.8 Å². The number of carbonyl (C=O) groups is 2. The van der Waals surface area contributed by atoms with E-state index in [4.69, 9.17) is 4.74 Å². The van der Waals surface area contributed by atoms with Gasteiger partial charge in [0, 0.05) is 45.1 Å². The molecule has 0 spiro atoms. The van der Waals surface area contributed by atoms with Crippen LogP contribution in [0.4, 0.5) is 0 Å². The van der Waals surface area contributed by atoms with Crippen molar-refractivity contribution in [2.45, 2.75) is 38.0 Å². The van der Waals surface area contributed by atoms with Crippen molar-refractivity contribution in [1.29, 1.82) is 0 Å². The van der Waals surface area contributed by atoms with Crippen LogP contribution < -0.4 is 5.32 Å². The summed E-state index contributed by atoms with van der Waals surface area (Å²) >= 11 is 0. The molecule has 0 radical (unpaired) electrons. The molecular formula is C19H25N3O3.